The third-order valence-corrected chi connectivity index (χ3v) is 3.52. The number of piperazine rings is 1. The Morgan fingerprint density at radius 2 is 1.84 bits per heavy atom. The predicted molar refractivity (Wildman–Crippen MR) is 71.4 cm³/mol. The lowest BCUT2D eigenvalue weighted by atomic mass is 10.0. The average molecular weight is 260 g/mol. The van der Waals surface area contributed by atoms with E-state index in [9.17, 15) is 4.39 Å². The van der Waals surface area contributed by atoms with E-state index in [-0.39, 0.29) is 11.9 Å². The zero-order valence-electron chi connectivity index (χ0n) is 10.7. The van der Waals surface area contributed by atoms with E-state index >= 15 is 0 Å². The minimum absolute atomic E-state index is 0.0673. The molecular formula is C15H17FN2O. The van der Waals surface area contributed by atoms with Crippen LogP contribution in [0.3, 0.4) is 0 Å². The number of benzene rings is 1. The fraction of sp³-hybridized carbons (Fsp3) is 0.333. The summed E-state index contributed by atoms with van der Waals surface area (Å²) in [6, 6.07) is 10.6. The number of hydrogen-bond acceptors (Lipinski definition) is 3. The first kappa shape index (κ1) is 12.4. The molecule has 3 nitrogen and oxygen atoms in total. The Hall–Kier alpha value is -1.65. The molecule has 3 rings (SSSR count). The lowest BCUT2D eigenvalue weighted by Crippen LogP contribution is -2.45. The molecule has 0 amide bonds. The molecule has 0 saturated carbocycles. The van der Waals surface area contributed by atoms with Gasteiger partial charge in [-0.25, -0.2) is 4.39 Å². The summed E-state index contributed by atoms with van der Waals surface area (Å²) in [4.78, 5) is 2.36. The van der Waals surface area contributed by atoms with Gasteiger partial charge in [0.2, 0.25) is 0 Å². The van der Waals surface area contributed by atoms with Crippen molar-refractivity contribution in [2.24, 2.45) is 0 Å². The number of nitrogens with one attached hydrogen (secondary N) is 1. The fourth-order valence-electron chi connectivity index (χ4n) is 2.59. The number of furan rings is 1. The summed E-state index contributed by atoms with van der Waals surface area (Å²) in [5.74, 6) is 0.704. The van der Waals surface area contributed by atoms with E-state index in [1.54, 1.807) is 6.26 Å². The number of nitrogens with zero attached hydrogens (tertiary/aromatic N) is 1. The van der Waals surface area contributed by atoms with Crippen molar-refractivity contribution in [1.29, 1.82) is 0 Å². The predicted octanol–water partition coefficient (Wildman–Crippen LogP) is 2.41. The van der Waals surface area contributed by atoms with Gasteiger partial charge in [-0.2, -0.15) is 0 Å². The molecule has 1 aliphatic rings. The van der Waals surface area contributed by atoms with Crippen molar-refractivity contribution in [1.82, 2.24) is 10.2 Å². The van der Waals surface area contributed by atoms with Crippen LogP contribution in [-0.2, 0) is 0 Å². The summed E-state index contributed by atoms with van der Waals surface area (Å²) in [6.45, 7) is 3.86. The van der Waals surface area contributed by atoms with Crippen LogP contribution in [0.5, 0.6) is 0 Å². The smallest absolute Gasteiger partial charge is 0.125 e. The van der Waals surface area contributed by atoms with Gasteiger partial charge in [0.15, 0.2) is 0 Å². The number of hydrogen-bond donors (Lipinski definition) is 1. The molecule has 0 radical (unpaired) electrons. The highest BCUT2D eigenvalue weighted by atomic mass is 19.1. The second-order valence-corrected chi connectivity index (χ2v) is 4.76. The molecule has 1 aromatic carbocycles. The van der Waals surface area contributed by atoms with E-state index in [1.807, 2.05) is 24.3 Å². The van der Waals surface area contributed by atoms with Crippen LogP contribution in [0.25, 0.3) is 0 Å². The summed E-state index contributed by atoms with van der Waals surface area (Å²) in [5.41, 5.74) is 1.07. The Morgan fingerprint density at radius 3 is 2.47 bits per heavy atom. The monoisotopic (exact) mass is 260 g/mol. The van der Waals surface area contributed by atoms with Crippen molar-refractivity contribution in [3.63, 3.8) is 0 Å². The van der Waals surface area contributed by atoms with Crippen LogP contribution < -0.4 is 5.32 Å². The third kappa shape index (κ3) is 2.69. The van der Waals surface area contributed by atoms with E-state index in [0.29, 0.717) is 0 Å². The molecule has 19 heavy (non-hydrogen) atoms. The molecule has 1 atom stereocenters. The second-order valence-electron chi connectivity index (χ2n) is 4.76. The van der Waals surface area contributed by atoms with Gasteiger partial charge in [-0.3, -0.25) is 4.90 Å². The highest BCUT2D eigenvalue weighted by Gasteiger charge is 2.25. The first-order chi connectivity index (χ1) is 9.34. The van der Waals surface area contributed by atoms with Gasteiger partial charge in [0.1, 0.15) is 11.6 Å². The standard InChI is InChI=1S/C15H17FN2O/c16-13-5-3-12(4-6-13)15(14-2-1-11-19-14)18-9-7-17-8-10-18/h1-6,11,15,17H,7-10H2/t15-/m0/s1. The van der Waals surface area contributed by atoms with Gasteiger partial charge in [0.25, 0.3) is 0 Å². The van der Waals surface area contributed by atoms with Crippen LogP contribution >= 0.6 is 0 Å². The Bertz CT molecular complexity index is 503. The van der Waals surface area contributed by atoms with Gasteiger partial charge in [-0.05, 0) is 29.8 Å². The molecule has 0 unspecified atom stereocenters. The van der Waals surface area contributed by atoms with Gasteiger partial charge < -0.3 is 9.73 Å². The lowest BCUT2D eigenvalue weighted by Gasteiger charge is -2.34. The zero-order valence-corrected chi connectivity index (χ0v) is 10.7. The highest BCUT2D eigenvalue weighted by molar-refractivity contribution is 5.27. The molecule has 0 spiro atoms. The van der Waals surface area contributed by atoms with Gasteiger partial charge in [0.05, 0.1) is 12.3 Å². The molecule has 0 bridgehead atoms. The fourth-order valence-corrected chi connectivity index (χ4v) is 2.59. The number of rotatable bonds is 3. The summed E-state index contributed by atoms with van der Waals surface area (Å²) in [7, 11) is 0. The van der Waals surface area contributed by atoms with Gasteiger partial charge in [-0.15, -0.1) is 0 Å². The lowest BCUT2D eigenvalue weighted by molar-refractivity contribution is 0.180. The quantitative estimate of drug-likeness (QED) is 0.918. The molecule has 1 aliphatic heterocycles. The summed E-state index contributed by atoms with van der Waals surface area (Å²) in [5, 5.41) is 3.34. The molecule has 0 aliphatic carbocycles. The molecule has 2 heterocycles. The molecular weight excluding hydrogens is 243 g/mol. The molecule has 1 fully saturated rings. The topological polar surface area (TPSA) is 28.4 Å². The van der Waals surface area contributed by atoms with Crippen molar-refractivity contribution < 1.29 is 8.81 Å². The van der Waals surface area contributed by atoms with Crippen LogP contribution in [0.2, 0.25) is 0 Å². The SMILES string of the molecule is Fc1ccc([C@@H](c2ccco2)N2CCNCC2)cc1. The molecule has 2 aromatic rings. The van der Waals surface area contributed by atoms with Gasteiger partial charge in [-0.1, -0.05) is 12.1 Å². The maximum atomic E-state index is 13.1. The first-order valence-electron chi connectivity index (χ1n) is 6.58. The van der Waals surface area contributed by atoms with E-state index < -0.39 is 0 Å². The van der Waals surface area contributed by atoms with Crippen molar-refractivity contribution >= 4 is 0 Å². The van der Waals surface area contributed by atoms with Crippen LogP contribution in [0.4, 0.5) is 4.39 Å². The Labute approximate surface area is 112 Å². The maximum Gasteiger partial charge on any atom is 0.125 e. The van der Waals surface area contributed by atoms with Crippen LogP contribution in [0.15, 0.2) is 47.1 Å². The third-order valence-electron chi connectivity index (χ3n) is 3.52. The van der Waals surface area contributed by atoms with Crippen LogP contribution in [0.1, 0.15) is 17.4 Å². The van der Waals surface area contributed by atoms with E-state index in [4.69, 9.17) is 4.42 Å². The van der Waals surface area contributed by atoms with E-state index in [0.717, 1.165) is 37.5 Å². The van der Waals surface area contributed by atoms with Gasteiger partial charge >= 0.3 is 0 Å². The molecule has 4 heteroatoms. The first-order valence-corrected chi connectivity index (χ1v) is 6.58. The highest BCUT2D eigenvalue weighted by Crippen LogP contribution is 2.29. The normalized spacial score (nSPS) is 18.4. The molecule has 1 N–H and O–H groups in total. The minimum atomic E-state index is -0.206. The van der Waals surface area contributed by atoms with Crippen LogP contribution in [-0.4, -0.2) is 31.1 Å². The summed E-state index contributed by atoms with van der Waals surface area (Å²) >= 11 is 0. The van der Waals surface area contributed by atoms with E-state index in [1.165, 1.54) is 12.1 Å². The zero-order chi connectivity index (χ0) is 13.1. The summed E-state index contributed by atoms with van der Waals surface area (Å²) < 4.78 is 18.7. The van der Waals surface area contributed by atoms with Crippen molar-refractivity contribution in [3.8, 4) is 0 Å². The summed E-state index contributed by atoms with van der Waals surface area (Å²) in [6.07, 6.45) is 1.69. The van der Waals surface area contributed by atoms with E-state index in [2.05, 4.69) is 10.2 Å². The molecule has 1 saturated heterocycles. The molecule has 1 aromatic heterocycles. The van der Waals surface area contributed by atoms with Gasteiger partial charge in [0, 0.05) is 26.2 Å². The van der Waals surface area contributed by atoms with Crippen molar-refractivity contribution in [2.45, 2.75) is 6.04 Å². The second kappa shape index (κ2) is 5.55. The van der Waals surface area contributed by atoms with Crippen LogP contribution in [0, 0.1) is 5.82 Å². The Balaban J connectivity index is 1.93. The molecule has 100 valence electrons. The number of halogens is 1. The average Bonchev–Trinajstić information content (AvgIpc) is 2.96. The van der Waals surface area contributed by atoms with Crippen molar-refractivity contribution in [3.05, 3.63) is 59.8 Å². The minimum Gasteiger partial charge on any atom is -0.467 e. The van der Waals surface area contributed by atoms with Crippen molar-refractivity contribution in [2.75, 3.05) is 26.2 Å². The largest absolute Gasteiger partial charge is 0.467 e. The maximum absolute atomic E-state index is 13.1. The Kier molecular flexibility index (Phi) is 3.62. The Morgan fingerprint density at radius 1 is 1.11 bits per heavy atom.